The Morgan fingerprint density at radius 3 is 2.00 bits per heavy atom. The summed E-state index contributed by atoms with van der Waals surface area (Å²) in [5, 5.41) is 9.11. The summed E-state index contributed by atoms with van der Waals surface area (Å²) in [6.07, 6.45) is 0.806. The van der Waals surface area contributed by atoms with Gasteiger partial charge in [0, 0.05) is 13.3 Å². The van der Waals surface area contributed by atoms with E-state index >= 15 is 0 Å². The van der Waals surface area contributed by atoms with Gasteiger partial charge in [-0.2, -0.15) is 5.11 Å². The van der Waals surface area contributed by atoms with Crippen molar-refractivity contribution in [2.24, 2.45) is 16.1 Å². The standard InChI is InChI=1S/C12H24N2OS/c1-9(2)8-12(7,15-10(3)16)14-13-11(4,5)6/h9H,8H2,1-7H3. The maximum atomic E-state index is 5.62. The highest BCUT2D eigenvalue weighted by molar-refractivity contribution is 7.80. The average molecular weight is 244 g/mol. The first kappa shape index (κ1) is 15.5. The molecule has 0 saturated heterocycles. The summed E-state index contributed by atoms with van der Waals surface area (Å²) in [6, 6.07) is 0. The number of hydrogen-bond donors (Lipinski definition) is 0. The molecule has 0 aromatic carbocycles. The zero-order valence-electron chi connectivity index (χ0n) is 11.5. The molecule has 0 saturated carbocycles. The van der Waals surface area contributed by atoms with Crippen LogP contribution < -0.4 is 0 Å². The predicted molar refractivity (Wildman–Crippen MR) is 71.8 cm³/mol. The van der Waals surface area contributed by atoms with E-state index < -0.39 is 5.72 Å². The Kier molecular flexibility index (Phi) is 5.53. The van der Waals surface area contributed by atoms with Crippen molar-refractivity contribution >= 4 is 17.3 Å². The highest BCUT2D eigenvalue weighted by Gasteiger charge is 2.28. The lowest BCUT2D eigenvalue weighted by molar-refractivity contribution is 0.0544. The molecule has 0 bridgehead atoms. The number of ether oxygens (including phenoxy) is 1. The van der Waals surface area contributed by atoms with Gasteiger partial charge in [-0.05, 0) is 45.8 Å². The molecule has 0 radical (unpaired) electrons. The van der Waals surface area contributed by atoms with Gasteiger partial charge in [0.15, 0.2) is 5.05 Å². The Hall–Kier alpha value is -0.510. The van der Waals surface area contributed by atoms with Gasteiger partial charge >= 0.3 is 0 Å². The van der Waals surface area contributed by atoms with Crippen molar-refractivity contribution in [1.82, 2.24) is 0 Å². The summed E-state index contributed by atoms with van der Waals surface area (Å²) in [7, 11) is 0. The number of azo groups is 1. The summed E-state index contributed by atoms with van der Waals surface area (Å²) in [5.74, 6) is 0.485. The smallest absolute Gasteiger partial charge is 0.217 e. The van der Waals surface area contributed by atoms with E-state index in [0.717, 1.165) is 6.42 Å². The van der Waals surface area contributed by atoms with Crippen LogP contribution in [0, 0.1) is 5.92 Å². The lowest BCUT2D eigenvalue weighted by Gasteiger charge is -2.27. The Balaban J connectivity index is 4.79. The zero-order chi connectivity index (χ0) is 13.0. The van der Waals surface area contributed by atoms with Crippen LogP contribution in [-0.4, -0.2) is 16.3 Å². The summed E-state index contributed by atoms with van der Waals surface area (Å²) >= 11 is 4.98. The van der Waals surface area contributed by atoms with E-state index in [1.165, 1.54) is 0 Å². The third-order valence-electron chi connectivity index (χ3n) is 1.71. The second-order valence-corrected chi connectivity index (χ2v) is 6.31. The fourth-order valence-electron chi connectivity index (χ4n) is 1.43. The van der Waals surface area contributed by atoms with Crippen LogP contribution >= 0.6 is 12.2 Å². The Labute approximate surface area is 105 Å². The number of nitrogens with zero attached hydrogens (tertiary/aromatic N) is 2. The first-order valence-corrected chi connectivity index (χ1v) is 6.08. The minimum absolute atomic E-state index is 0.184. The number of hydrogen-bond acceptors (Lipinski definition) is 4. The molecule has 0 aliphatic rings. The molecule has 0 aliphatic heterocycles. The van der Waals surface area contributed by atoms with Gasteiger partial charge in [0.05, 0.1) is 5.54 Å². The van der Waals surface area contributed by atoms with Crippen LogP contribution in [0.15, 0.2) is 10.2 Å². The quantitative estimate of drug-likeness (QED) is 0.544. The van der Waals surface area contributed by atoms with Gasteiger partial charge in [-0.3, -0.25) is 0 Å². The molecule has 16 heavy (non-hydrogen) atoms. The maximum Gasteiger partial charge on any atom is 0.217 e. The average Bonchev–Trinajstić information content (AvgIpc) is 1.96. The molecule has 3 nitrogen and oxygen atoms in total. The van der Waals surface area contributed by atoms with Gasteiger partial charge in [-0.25, -0.2) is 0 Å². The molecule has 0 fully saturated rings. The van der Waals surface area contributed by atoms with Gasteiger partial charge in [-0.15, -0.1) is 5.11 Å². The SMILES string of the molecule is CC(=S)OC(C)(CC(C)C)N=NC(C)(C)C. The molecule has 0 aliphatic carbocycles. The lowest BCUT2D eigenvalue weighted by Crippen LogP contribution is -2.30. The van der Waals surface area contributed by atoms with Crippen LogP contribution in [0.3, 0.4) is 0 Å². The molecule has 0 amide bonds. The second kappa shape index (κ2) is 5.71. The molecular weight excluding hydrogens is 220 g/mol. The number of thiocarbonyl (C=S) groups is 1. The molecule has 0 aromatic rings. The normalized spacial score (nSPS) is 16.5. The van der Waals surface area contributed by atoms with Crippen LogP contribution in [0.2, 0.25) is 0 Å². The fourth-order valence-corrected chi connectivity index (χ4v) is 1.61. The highest BCUT2D eigenvalue weighted by Crippen LogP contribution is 2.25. The fraction of sp³-hybridized carbons (Fsp3) is 0.917. The Morgan fingerprint density at radius 1 is 1.19 bits per heavy atom. The molecule has 0 rings (SSSR count). The highest BCUT2D eigenvalue weighted by atomic mass is 32.1. The molecule has 94 valence electrons. The van der Waals surface area contributed by atoms with E-state index in [-0.39, 0.29) is 5.54 Å². The van der Waals surface area contributed by atoms with Crippen molar-refractivity contribution in [2.45, 2.75) is 66.2 Å². The summed E-state index contributed by atoms with van der Waals surface area (Å²) in [6.45, 7) is 14.0. The maximum absolute atomic E-state index is 5.62. The first-order chi connectivity index (χ1) is 7.04. The number of rotatable bonds is 4. The molecule has 4 heteroatoms. The van der Waals surface area contributed by atoms with Crippen LogP contribution in [0.1, 0.15) is 54.9 Å². The van der Waals surface area contributed by atoms with Gasteiger partial charge in [-0.1, -0.05) is 13.8 Å². The van der Waals surface area contributed by atoms with Crippen LogP contribution in [-0.2, 0) is 4.74 Å². The summed E-state index contributed by atoms with van der Waals surface area (Å²) in [5.41, 5.74) is -0.815. The zero-order valence-corrected chi connectivity index (χ0v) is 12.3. The van der Waals surface area contributed by atoms with Crippen molar-refractivity contribution in [3.63, 3.8) is 0 Å². The largest absolute Gasteiger partial charge is 0.459 e. The van der Waals surface area contributed by atoms with Crippen molar-refractivity contribution < 1.29 is 4.74 Å². The van der Waals surface area contributed by atoms with Crippen molar-refractivity contribution in [2.75, 3.05) is 0 Å². The predicted octanol–water partition coefficient (Wildman–Crippen LogP) is 4.36. The van der Waals surface area contributed by atoms with Gasteiger partial charge in [0.1, 0.15) is 0 Å². The first-order valence-electron chi connectivity index (χ1n) is 5.68. The minimum atomic E-state index is -0.632. The summed E-state index contributed by atoms with van der Waals surface area (Å²) < 4.78 is 5.62. The van der Waals surface area contributed by atoms with Gasteiger partial charge < -0.3 is 4.74 Å². The summed E-state index contributed by atoms with van der Waals surface area (Å²) in [4.78, 5) is 0. The van der Waals surface area contributed by atoms with Gasteiger partial charge in [0.2, 0.25) is 5.72 Å². The third-order valence-corrected chi connectivity index (χ3v) is 1.80. The molecule has 0 aromatic heterocycles. The topological polar surface area (TPSA) is 34.0 Å². The van der Waals surface area contributed by atoms with E-state index in [2.05, 4.69) is 24.1 Å². The molecule has 0 heterocycles. The second-order valence-electron chi connectivity index (χ2n) is 5.74. The minimum Gasteiger partial charge on any atom is -0.459 e. The van der Waals surface area contributed by atoms with Crippen molar-refractivity contribution in [1.29, 1.82) is 0 Å². The van der Waals surface area contributed by atoms with Crippen molar-refractivity contribution in [3.8, 4) is 0 Å². The van der Waals surface area contributed by atoms with E-state index in [9.17, 15) is 0 Å². The van der Waals surface area contributed by atoms with Gasteiger partial charge in [0.25, 0.3) is 0 Å². The monoisotopic (exact) mass is 244 g/mol. The lowest BCUT2D eigenvalue weighted by atomic mass is 10.0. The van der Waals surface area contributed by atoms with Crippen LogP contribution in [0.4, 0.5) is 0 Å². The molecule has 0 N–H and O–H groups in total. The van der Waals surface area contributed by atoms with E-state index in [0.29, 0.717) is 11.0 Å². The van der Waals surface area contributed by atoms with E-state index in [4.69, 9.17) is 17.0 Å². The van der Waals surface area contributed by atoms with Crippen LogP contribution in [0.25, 0.3) is 0 Å². The Morgan fingerprint density at radius 2 is 1.69 bits per heavy atom. The third kappa shape index (κ3) is 7.74. The van der Waals surface area contributed by atoms with Crippen molar-refractivity contribution in [3.05, 3.63) is 0 Å². The van der Waals surface area contributed by atoms with Crippen LogP contribution in [0.5, 0.6) is 0 Å². The van der Waals surface area contributed by atoms with E-state index in [1.807, 2.05) is 27.7 Å². The Bertz CT molecular complexity index is 269. The molecule has 1 unspecified atom stereocenters. The molecular formula is C12H24N2OS. The molecule has 1 atom stereocenters. The van der Waals surface area contributed by atoms with E-state index in [1.54, 1.807) is 6.92 Å². The molecule has 0 spiro atoms.